The molecule has 0 spiro atoms. The number of amides is 2. The first-order chi connectivity index (χ1) is 34.9. The first-order valence-electron chi connectivity index (χ1n) is 25.4. The Morgan fingerprint density at radius 3 is 1.53 bits per heavy atom. The van der Waals surface area contributed by atoms with E-state index in [9.17, 15) is 24.0 Å². The molecular formula is C60H66Cl2N4O6. The number of fused-ring (bicyclic) bond motifs is 2. The lowest BCUT2D eigenvalue weighted by molar-refractivity contribution is -0.119. The fourth-order valence-electron chi connectivity index (χ4n) is 9.59. The van der Waals surface area contributed by atoms with Crippen LogP contribution in [0.2, 0.25) is 0 Å². The fraction of sp³-hybridized carbons (Fsp3) is 0.350. The van der Waals surface area contributed by atoms with E-state index >= 15 is 0 Å². The van der Waals surface area contributed by atoms with Crippen molar-refractivity contribution in [3.8, 4) is 22.3 Å². The first kappa shape index (κ1) is 53.6. The number of rotatable bonds is 15. The maximum atomic E-state index is 12.8. The molecule has 1 N–H and O–H groups in total. The van der Waals surface area contributed by atoms with Crippen molar-refractivity contribution in [2.75, 3.05) is 49.1 Å². The number of alkyl halides is 1. The van der Waals surface area contributed by atoms with Crippen LogP contribution in [0.25, 0.3) is 22.3 Å². The molecule has 1 unspecified atom stereocenters. The highest BCUT2D eigenvalue weighted by molar-refractivity contribution is 6.61. The van der Waals surface area contributed by atoms with Crippen LogP contribution >= 0.6 is 23.2 Å². The van der Waals surface area contributed by atoms with Gasteiger partial charge in [-0.25, -0.2) is 4.79 Å². The van der Waals surface area contributed by atoms with Gasteiger partial charge >= 0.3 is 5.43 Å². The summed E-state index contributed by atoms with van der Waals surface area (Å²) in [6.45, 7) is 11.8. The van der Waals surface area contributed by atoms with E-state index in [2.05, 4.69) is 93.8 Å². The number of benzene rings is 5. The lowest BCUT2D eigenvalue weighted by Crippen LogP contribution is -2.28. The highest BCUT2D eigenvalue weighted by atomic mass is 35.5. The first-order valence-corrected chi connectivity index (χ1v) is 26.2. The third kappa shape index (κ3) is 14.9. The molecule has 5 aromatic carbocycles. The summed E-state index contributed by atoms with van der Waals surface area (Å²) in [4.78, 5) is 65.6. The van der Waals surface area contributed by atoms with Crippen LogP contribution in [0.15, 0.2) is 139 Å². The van der Waals surface area contributed by atoms with Crippen LogP contribution in [0.3, 0.4) is 0 Å². The summed E-state index contributed by atoms with van der Waals surface area (Å²) < 4.78 is 4.14. The Morgan fingerprint density at radius 2 is 1.11 bits per heavy atom. The van der Waals surface area contributed by atoms with Gasteiger partial charge in [0.2, 0.25) is 11.8 Å². The van der Waals surface area contributed by atoms with Crippen molar-refractivity contribution in [3.63, 3.8) is 0 Å². The molecule has 0 saturated heterocycles. The molecule has 12 heteroatoms. The van der Waals surface area contributed by atoms with Gasteiger partial charge < -0.3 is 19.9 Å². The van der Waals surface area contributed by atoms with Crippen molar-refractivity contribution in [2.24, 2.45) is 0 Å². The van der Waals surface area contributed by atoms with Crippen LogP contribution in [0, 0.1) is 0 Å². The van der Waals surface area contributed by atoms with Gasteiger partial charge in [-0.15, -0.1) is 0 Å². The molecule has 5 aromatic rings. The number of Topliss-reactive ketones (excluding diaryl/α,β-unsaturated/α-hetero) is 2. The summed E-state index contributed by atoms with van der Waals surface area (Å²) in [6.07, 6.45) is 12.3. The van der Waals surface area contributed by atoms with Gasteiger partial charge in [0, 0.05) is 99.1 Å². The third-order valence-electron chi connectivity index (χ3n) is 13.6. The number of nitrogens with one attached hydrogen (secondary N) is 1. The van der Waals surface area contributed by atoms with Gasteiger partial charge in [-0.3, -0.25) is 24.1 Å². The molecule has 4 aliphatic rings. The number of hydrogen-bond acceptors (Lipinski definition) is 8. The molecule has 9 rings (SSSR count). The second kappa shape index (κ2) is 26.5. The highest BCUT2D eigenvalue weighted by Crippen LogP contribution is 2.35. The van der Waals surface area contributed by atoms with Crippen molar-refractivity contribution < 1.29 is 28.7 Å². The van der Waals surface area contributed by atoms with Gasteiger partial charge in [0.15, 0.2) is 17.1 Å². The van der Waals surface area contributed by atoms with Crippen LogP contribution in [0.5, 0.6) is 0 Å². The van der Waals surface area contributed by atoms with E-state index in [1.54, 1.807) is 0 Å². The summed E-state index contributed by atoms with van der Waals surface area (Å²) in [7, 11) is 0. The van der Waals surface area contributed by atoms with Crippen LogP contribution in [-0.4, -0.2) is 78.5 Å². The van der Waals surface area contributed by atoms with Gasteiger partial charge in [-0.05, 0) is 115 Å². The average Bonchev–Trinajstić information content (AvgIpc) is 4.04. The minimum atomic E-state index is -0.873. The van der Waals surface area contributed by atoms with E-state index in [0.29, 0.717) is 25.7 Å². The number of carbonyl (C=O) groups is 5. The number of hydrogen-bond donors (Lipinski definition) is 1. The molecule has 10 nitrogen and oxygen atoms in total. The van der Waals surface area contributed by atoms with Crippen LogP contribution in [-0.2, 0) is 33.7 Å². The van der Waals surface area contributed by atoms with Gasteiger partial charge in [0.1, 0.15) is 0 Å². The van der Waals surface area contributed by atoms with E-state index in [-0.39, 0.29) is 23.4 Å². The molecular weight excluding hydrogens is 944 g/mol. The number of carbonyl (C=O) groups excluding carboxylic acids is 5. The Hall–Kier alpha value is -6.17. The molecule has 4 aliphatic heterocycles. The van der Waals surface area contributed by atoms with Crippen molar-refractivity contribution in [1.82, 2.24) is 10.2 Å². The highest BCUT2D eigenvalue weighted by Gasteiger charge is 2.25. The molecule has 0 saturated carbocycles. The summed E-state index contributed by atoms with van der Waals surface area (Å²) >= 11 is 9.87. The molecule has 0 aromatic heterocycles. The largest absolute Gasteiger partial charge is 0.434 e. The quantitative estimate of drug-likeness (QED) is 0.0477. The summed E-state index contributed by atoms with van der Waals surface area (Å²) in [6, 6.07) is 39.1. The SMILES string of the molecule is CC(Cl)OC(=O)Cl.CCC(=O)N1CCc2cc(-c3ccc(C(=O)CCC4=CCN(Cc5ccccc5)CC4)cc3)ccc21.CCC(=O)N1CCc2cc(-c3ccc(C(=O)CCC4=CCNCC4)cc3)ccc21. The van der Waals surface area contributed by atoms with Crippen LogP contribution in [0.1, 0.15) is 110 Å². The van der Waals surface area contributed by atoms with Gasteiger partial charge in [-0.2, -0.15) is 0 Å². The molecule has 0 aliphatic carbocycles. The maximum Gasteiger partial charge on any atom is 0.405 e. The Bertz CT molecular complexity index is 2750. The van der Waals surface area contributed by atoms with E-state index in [1.807, 2.05) is 72.2 Å². The molecule has 4 heterocycles. The smallest absolute Gasteiger partial charge is 0.405 e. The molecule has 376 valence electrons. The standard InChI is InChI=1S/C32H34N2O2.C25H28N2O2.C3H4Cl2O2/c1-2-32(36)34-21-18-29-22-28(13-14-30(29)34)26-9-11-27(12-10-26)31(35)15-8-24-16-19-33(20-17-24)23-25-6-4-3-5-7-25;1-2-25(29)27-16-13-22-17-21(8-9-23(22)27)19-4-6-20(7-5-19)24(28)10-3-18-11-14-26-15-12-18;1-2(4)7-3(5)6/h3-7,9-14,16,22H,2,8,15,17-21,23H2,1H3;4-9,11,17,26H,2-3,10,12-16H2,1H3;2H,1H3. The fourth-order valence-corrected chi connectivity index (χ4v) is 9.85. The summed E-state index contributed by atoms with van der Waals surface area (Å²) in [5, 5.41) is 3.30. The van der Waals surface area contributed by atoms with E-state index < -0.39 is 11.0 Å². The maximum absolute atomic E-state index is 12.8. The lowest BCUT2D eigenvalue weighted by atomic mass is 9.96. The van der Waals surface area contributed by atoms with Gasteiger partial charge in [0.25, 0.3) is 0 Å². The average molecular weight is 1010 g/mol. The molecule has 72 heavy (non-hydrogen) atoms. The monoisotopic (exact) mass is 1010 g/mol. The van der Waals surface area contributed by atoms with E-state index in [4.69, 9.17) is 23.2 Å². The van der Waals surface area contributed by atoms with Crippen LogP contribution < -0.4 is 15.1 Å². The number of halogens is 2. The molecule has 1 atom stereocenters. The van der Waals surface area contributed by atoms with Crippen molar-refractivity contribution in [3.05, 3.63) is 166 Å². The number of ketones is 2. The summed E-state index contributed by atoms with van der Waals surface area (Å²) in [5.41, 5.74) is 13.2. The van der Waals surface area contributed by atoms with E-state index in [1.165, 1.54) is 34.8 Å². The molecule has 0 fully saturated rings. The van der Waals surface area contributed by atoms with Crippen molar-refractivity contribution in [1.29, 1.82) is 0 Å². The topological polar surface area (TPSA) is 116 Å². The van der Waals surface area contributed by atoms with E-state index in [0.717, 1.165) is 129 Å². The normalized spacial score (nSPS) is 15.3. The van der Waals surface area contributed by atoms with Gasteiger partial charge in [-0.1, -0.05) is 140 Å². The Morgan fingerprint density at radius 1 is 0.611 bits per heavy atom. The zero-order chi connectivity index (χ0) is 51.0. The predicted octanol–water partition coefficient (Wildman–Crippen LogP) is 12.9. The third-order valence-corrected chi connectivity index (χ3v) is 13.8. The predicted molar refractivity (Wildman–Crippen MR) is 291 cm³/mol. The summed E-state index contributed by atoms with van der Waals surface area (Å²) in [5.74, 6) is 0.771. The Kier molecular flexibility index (Phi) is 19.7. The zero-order valence-corrected chi connectivity index (χ0v) is 43.3. The second-order valence-corrected chi connectivity index (χ2v) is 19.5. The minimum Gasteiger partial charge on any atom is -0.434 e. The molecule has 0 radical (unpaired) electrons. The Balaban J connectivity index is 0.000000190. The molecule has 0 bridgehead atoms. The van der Waals surface area contributed by atoms with Gasteiger partial charge in [0.05, 0.1) is 0 Å². The molecule has 2 amide bonds. The minimum absolute atomic E-state index is 0.179. The van der Waals surface area contributed by atoms with Crippen LogP contribution in [0.4, 0.5) is 16.2 Å². The Labute approximate surface area is 435 Å². The zero-order valence-electron chi connectivity index (χ0n) is 41.8. The number of ether oxygens (including phenoxy) is 1. The second-order valence-electron chi connectivity index (χ2n) is 18.5. The van der Waals surface area contributed by atoms with Crippen molar-refractivity contribution >= 4 is 63.4 Å². The number of nitrogens with zero attached hydrogens (tertiary/aromatic N) is 3. The number of anilines is 2. The van der Waals surface area contributed by atoms with Crippen molar-refractivity contribution in [2.45, 2.75) is 97.1 Å². The lowest BCUT2D eigenvalue weighted by Gasteiger charge is -2.26.